The van der Waals surface area contributed by atoms with Gasteiger partial charge in [0.15, 0.2) is 0 Å². The molecule has 0 radical (unpaired) electrons. The van der Waals surface area contributed by atoms with Crippen LogP contribution >= 0.6 is 0 Å². The Bertz CT molecular complexity index is 386. The molecule has 3 heteroatoms. The van der Waals surface area contributed by atoms with Gasteiger partial charge in [0, 0.05) is 24.2 Å². The lowest BCUT2D eigenvalue weighted by atomic mass is 9.69. The maximum atomic E-state index is 12.9. The van der Waals surface area contributed by atoms with Crippen molar-refractivity contribution in [1.29, 1.82) is 0 Å². The minimum absolute atomic E-state index is 0.0116. The average molecular weight is 241 g/mol. The van der Waals surface area contributed by atoms with E-state index in [1.165, 1.54) is 12.8 Å². The first-order chi connectivity index (χ1) is 7.78. The Labute approximate surface area is 102 Å². The third-order valence-corrected chi connectivity index (χ3v) is 5.31. The van der Waals surface area contributed by atoms with E-state index in [9.17, 15) is 8.78 Å². The molecule has 3 aliphatic rings. The topological polar surface area (TPSA) is 3.24 Å². The van der Waals surface area contributed by atoms with E-state index in [-0.39, 0.29) is 11.0 Å². The minimum atomic E-state index is -1.44. The van der Waals surface area contributed by atoms with Crippen molar-refractivity contribution in [3.63, 3.8) is 0 Å². The van der Waals surface area contributed by atoms with Gasteiger partial charge < -0.3 is 0 Å². The van der Waals surface area contributed by atoms with E-state index in [4.69, 9.17) is 0 Å². The lowest BCUT2D eigenvalue weighted by Crippen LogP contribution is -2.48. The number of fused-ring (bicyclic) bond motifs is 1. The second kappa shape index (κ2) is 3.11. The van der Waals surface area contributed by atoms with Crippen molar-refractivity contribution in [1.82, 2.24) is 4.90 Å². The van der Waals surface area contributed by atoms with Crippen LogP contribution < -0.4 is 0 Å². The van der Waals surface area contributed by atoms with Crippen LogP contribution in [0.4, 0.5) is 8.78 Å². The molecule has 2 heterocycles. The Morgan fingerprint density at radius 2 is 1.88 bits per heavy atom. The molecule has 0 bridgehead atoms. The molecule has 0 aromatic carbocycles. The third-order valence-electron chi connectivity index (χ3n) is 5.31. The molecular formula is C14H21F2N. The molecular weight excluding hydrogens is 220 g/mol. The van der Waals surface area contributed by atoms with Gasteiger partial charge in [-0.15, -0.1) is 0 Å². The van der Waals surface area contributed by atoms with Crippen LogP contribution in [0.1, 0.15) is 46.5 Å². The lowest BCUT2D eigenvalue weighted by molar-refractivity contribution is 0.0640. The van der Waals surface area contributed by atoms with Gasteiger partial charge in [-0.25, -0.2) is 0 Å². The van der Waals surface area contributed by atoms with Gasteiger partial charge in [0.2, 0.25) is 0 Å². The molecule has 1 aliphatic carbocycles. The molecule has 0 aromatic heterocycles. The van der Waals surface area contributed by atoms with Crippen LogP contribution in [0.25, 0.3) is 0 Å². The molecule has 0 aromatic rings. The van der Waals surface area contributed by atoms with Crippen LogP contribution in [0.15, 0.2) is 11.7 Å². The molecule has 1 atom stereocenters. The fourth-order valence-corrected chi connectivity index (χ4v) is 4.01. The van der Waals surface area contributed by atoms with E-state index in [0.717, 1.165) is 13.0 Å². The summed E-state index contributed by atoms with van der Waals surface area (Å²) in [5.74, 6) is 0. The van der Waals surface area contributed by atoms with Crippen molar-refractivity contribution >= 4 is 0 Å². The second-order valence-electron chi connectivity index (χ2n) is 7.36. The summed E-state index contributed by atoms with van der Waals surface area (Å²) in [6, 6.07) is 0. The molecule has 0 amide bonds. The average Bonchev–Trinajstić information content (AvgIpc) is 2.64. The molecule has 1 nitrogen and oxygen atoms in total. The first-order valence-corrected chi connectivity index (χ1v) is 6.56. The molecule has 1 saturated carbocycles. The highest BCUT2D eigenvalue weighted by molar-refractivity contribution is 5.28. The summed E-state index contributed by atoms with van der Waals surface area (Å²) in [5, 5.41) is 0. The number of hydrogen-bond donors (Lipinski definition) is 0. The molecule has 2 saturated heterocycles. The highest BCUT2D eigenvalue weighted by Crippen LogP contribution is 2.65. The predicted octanol–water partition coefficient (Wildman–Crippen LogP) is 3.81. The van der Waals surface area contributed by atoms with Crippen molar-refractivity contribution < 1.29 is 8.78 Å². The molecule has 1 spiro atoms. The fourth-order valence-electron chi connectivity index (χ4n) is 4.01. The number of halogens is 2. The zero-order valence-corrected chi connectivity index (χ0v) is 10.9. The summed E-state index contributed by atoms with van der Waals surface area (Å²) in [6.45, 7) is 8.17. The first-order valence-electron chi connectivity index (χ1n) is 6.56. The normalized spacial score (nSPS) is 35.5. The van der Waals surface area contributed by atoms with Crippen LogP contribution in [0.3, 0.4) is 0 Å². The summed E-state index contributed by atoms with van der Waals surface area (Å²) < 4.78 is 25.7. The van der Waals surface area contributed by atoms with E-state index >= 15 is 0 Å². The number of rotatable bonds is 0. The van der Waals surface area contributed by atoms with Crippen molar-refractivity contribution in [2.75, 3.05) is 13.1 Å². The van der Waals surface area contributed by atoms with Crippen LogP contribution in [-0.4, -0.2) is 23.5 Å². The SMILES string of the molecule is CC(C)(C)C12CC(=C(F)F)CN1CC1(CC1)C2. The minimum Gasteiger partial charge on any atom is -0.292 e. The summed E-state index contributed by atoms with van der Waals surface area (Å²) in [5.41, 5.74) is 0.944. The van der Waals surface area contributed by atoms with E-state index < -0.39 is 6.08 Å². The van der Waals surface area contributed by atoms with E-state index in [1.807, 2.05) is 0 Å². The maximum Gasteiger partial charge on any atom is 0.270 e. The Balaban J connectivity index is 1.98. The van der Waals surface area contributed by atoms with Crippen molar-refractivity contribution in [2.45, 2.75) is 52.0 Å². The Hall–Kier alpha value is -0.440. The molecule has 3 rings (SSSR count). The van der Waals surface area contributed by atoms with Gasteiger partial charge in [-0.3, -0.25) is 4.90 Å². The van der Waals surface area contributed by atoms with Gasteiger partial charge in [-0.1, -0.05) is 20.8 Å². The van der Waals surface area contributed by atoms with E-state index in [0.29, 0.717) is 24.0 Å². The zero-order valence-electron chi connectivity index (χ0n) is 10.9. The molecule has 17 heavy (non-hydrogen) atoms. The highest BCUT2D eigenvalue weighted by Gasteiger charge is 2.64. The molecule has 1 unspecified atom stereocenters. The predicted molar refractivity (Wildman–Crippen MR) is 63.9 cm³/mol. The quantitative estimate of drug-likeness (QED) is 0.623. The second-order valence-corrected chi connectivity index (χ2v) is 7.36. The fraction of sp³-hybridized carbons (Fsp3) is 0.857. The van der Waals surface area contributed by atoms with Gasteiger partial charge in [0.05, 0.1) is 0 Å². The Morgan fingerprint density at radius 1 is 1.24 bits per heavy atom. The Morgan fingerprint density at radius 3 is 2.29 bits per heavy atom. The standard InChI is InChI=1S/C14H21F2N/c1-12(2,3)14-6-10(11(15)16)7-17(14)9-13(8-14)4-5-13/h4-9H2,1-3H3. The Kier molecular flexibility index (Phi) is 2.13. The summed E-state index contributed by atoms with van der Waals surface area (Å²) in [6.07, 6.45) is 2.88. The van der Waals surface area contributed by atoms with Crippen LogP contribution in [0.5, 0.6) is 0 Å². The molecule has 2 aliphatic heterocycles. The smallest absolute Gasteiger partial charge is 0.270 e. The van der Waals surface area contributed by atoms with Crippen LogP contribution in [0, 0.1) is 10.8 Å². The van der Waals surface area contributed by atoms with Crippen molar-refractivity contribution in [2.24, 2.45) is 10.8 Å². The molecule has 96 valence electrons. The molecule has 3 fully saturated rings. The summed E-state index contributed by atoms with van der Waals surface area (Å²) in [4.78, 5) is 2.36. The van der Waals surface area contributed by atoms with Gasteiger partial charge in [0.25, 0.3) is 6.08 Å². The van der Waals surface area contributed by atoms with E-state index in [2.05, 4.69) is 25.7 Å². The third kappa shape index (κ3) is 1.51. The monoisotopic (exact) mass is 241 g/mol. The van der Waals surface area contributed by atoms with Crippen molar-refractivity contribution in [3.05, 3.63) is 11.7 Å². The van der Waals surface area contributed by atoms with Crippen LogP contribution in [0.2, 0.25) is 0 Å². The van der Waals surface area contributed by atoms with Crippen LogP contribution in [-0.2, 0) is 0 Å². The number of hydrogen-bond acceptors (Lipinski definition) is 1. The van der Waals surface area contributed by atoms with Gasteiger partial charge >= 0.3 is 0 Å². The lowest BCUT2D eigenvalue weighted by Gasteiger charge is -2.44. The maximum absolute atomic E-state index is 12.9. The van der Waals surface area contributed by atoms with Gasteiger partial charge in [-0.2, -0.15) is 8.78 Å². The molecule has 0 N–H and O–H groups in total. The summed E-state index contributed by atoms with van der Waals surface area (Å²) in [7, 11) is 0. The van der Waals surface area contributed by atoms with Gasteiger partial charge in [0.1, 0.15) is 0 Å². The summed E-state index contributed by atoms with van der Waals surface area (Å²) >= 11 is 0. The zero-order chi connectivity index (χ0) is 12.5. The van der Waals surface area contributed by atoms with E-state index in [1.54, 1.807) is 0 Å². The van der Waals surface area contributed by atoms with Gasteiger partial charge in [-0.05, 0) is 36.5 Å². The highest BCUT2D eigenvalue weighted by atomic mass is 19.3. The number of nitrogens with zero attached hydrogens (tertiary/aromatic N) is 1. The largest absolute Gasteiger partial charge is 0.292 e. The van der Waals surface area contributed by atoms with Crippen molar-refractivity contribution in [3.8, 4) is 0 Å². The first kappa shape index (κ1) is 11.6.